The highest BCUT2D eigenvalue weighted by Crippen LogP contribution is 2.33. The molecule has 0 bridgehead atoms. The third-order valence-corrected chi connectivity index (χ3v) is 4.18. The quantitative estimate of drug-likeness (QED) is 0.598. The van der Waals surface area contributed by atoms with Gasteiger partial charge < -0.3 is 10.6 Å². The molecule has 0 spiro atoms. The third kappa shape index (κ3) is 4.79. The van der Waals surface area contributed by atoms with E-state index in [1.807, 2.05) is 0 Å². The molecule has 2 aromatic rings. The molecular formula is C15H12F3N3O4S. The first-order valence-electron chi connectivity index (χ1n) is 6.99. The van der Waals surface area contributed by atoms with Gasteiger partial charge >= 0.3 is 5.51 Å². The Morgan fingerprint density at radius 3 is 2.19 bits per heavy atom. The smallest absolute Gasteiger partial charge is 0.350 e. The molecule has 7 nitrogen and oxygen atoms in total. The highest BCUT2D eigenvalue weighted by molar-refractivity contribution is 7.86. The van der Waals surface area contributed by atoms with Crippen molar-refractivity contribution in [2.45, 2.75) is 17.3 Å². The van der Waals surface area contributed by atoms with E-state index in [4.69, 9.17) is 0 Å². The topological polar surface area (TPSA) is 101 Å². The number of benzene rings is 2. The van der Waals surface area contributed by atoms with Crippen molar-refractivity contribution in [2.75, 3.05) is 10.6 Å². The summed E-state index contributed by atoms with van der Waals surface area (Å²) < 4.78 is 48.9. The maximum Gasteiger partial charge on any atom is 0.475 e. The molecule has 0 aliphatic carbocycles. The second-order valence-corrected chi connectivity index (χ2v) is 6.51. The number of amides is 1. The van der Waals surface area contributed by atoms with E-state index in [0.29, 0.717) is 17.4 Å². The highest BCUT2D eigenvalue weighted by atomic mass is 32.2. The SMILES string of the molecule is CC(=O)Nc1ccc(Nc2ccc([S@](=O)C(F)(F)F)cc2[N+](=O)[O-])cc1. The number of hydrogen-bond acceptors (Lipinski definition) is 5. The van der Waals surface area contributed by atoms with Gasteiger partial charge in [-0.15, -0.1) is 0 Å². The number of nitro groups is 1. The van der Waals surface area contributed by atoms with Gasteiger partial charge in [0.05, 0.1) is 9.82 Å². The van der Waals surface area contributed by atoms with E-state index in [-0.39, 0.29) is 11.6 Å². The predicted molar refractivity (Wildman–Crippen MR) is 89.6 cm³/mol. The summed E-state index contributed by atoms with van der Waals surface area (Å²) in [7, 11) is -3.36. The lowest BCUT2D eigenvalue weighted by molar-refractivity contribution is -0.384. The van der Waals surface area contributed by atoms with Gasteiger partial charge in [0.1, 0.15) is 5.69 Å². The van der Waals surface area contributed by atoms with Crippen LogP contribution in [-0.4, -0.2) is 20.5 Å². The first-order valence-corrected chi connectivity index (χ1v) is 8.14. The van der Waals surface area contributed by atoms with Gasteiger partial charge in [-0.2, -0.15) is 13.2 Å². The number of carbonyl (C=O) groups is 1. The first kappa shape index (κ1) is 19.4. The first-order chi connectivity index (χ1) is 12.1. The molecule has 0 unspecified atom stereocenters. The summed E-state index contributed by atoms with van der Waals surface area (Å²) in [4.78, 5) is 20.5. The predicted octanol–water partition coefficient (Wildman–Crippen LogP) is 3.92. The van der Waals surface area contributed by atoms with Crippen LogP contribution in [0.5, 0.6) is 0 Å². The zero-order valence-electron chi connectivity index (χ0n) is 13.2. The number of nitrogens with zero attached hydrogens (tertiary/aromatic N) is 1. The fraction of sp³-hybridized carbons (Fsp3) is 0.133. The van der Waals surface area contributed by atoms with Crippen molar-refractivity contribution in [3.05, 3.63) is 52.6 Å². The molecule has 0 aliphatic rings. The summed E-state index contributed by atoms with van der Waals surface area (Å²) in [5.74, 6) is -0.269. The average molecular weight is 387 g/mol. The molecule has 11 heteroatoms. The zero-order valence-corrected chi connectivity index (χ0v) is 14.0. The Morgan fingerprint density at radius 2 is 1.69 bits per heavy atom. The molecule has 0 saturated carbocycles. The molecule has 1 atom stereocenters. The molecule has 0 fully saturated rings. The van der Waals surface area contributed by atoms with Gasteiger partial charge in [-0.25, -0.2) is 4.21 Å². The molecule has 0 aliphatic heterocycles. The number of hydrogen-bond donors (Lipinski definition) is 2. The molecule has 2 rings (SSSR count). The van der Waals surface area contributed by atoms with Crippen LogP contribution in [0.25, 0.3) is 0 Å². The summed E-state index contributed by atoms with van der Waals surface area (Å²) in [6.45, 7) is 1.34. The van der Waals surface area contributed by atoms with Gasteiger partial charge in [0.2, 0.25) is 5.91 Å². The number of rotatable bonds is 5. The lowest BCUT2D eigenvalue weighted by Crippen LogP contribution is -2.16. The highest BCUT2D eigenvalue weighted by Gasteiger charge is 2.38. The number of carbonyl (C=O) groups excluding carboxylic acids is 1. The van der Waals surface area contributed by atoms with Crippen molar-refractivity contribution in [3.63, 3.8) is 0 Å². The number of nitrogens with one attached hydrogen (secondary N) is 2. The van der Waals surface area contributed by atoms with Crippen LogP contribution >= 0.6 is 0 Å². The standard InChI is InChI=1S/C15H12F3N3O4S/c1-9(22)19-10-2-4-11(5-3-10)20-13-7-6-12(8-14(13)21(23)24)26(25)15(16,17)18/h2-8,20H,1H3,(H,19,22)/t26-/m0/s1. The molecule has 138 valence electrons. The second kappa shape index (κ2) is 7.52. The Bertz CT molecular complexity index is 869. The van der Waals surface area contributed by atoms with Crippen molar-refractivity contribution < 1.29 is 27.1 Å². The van der Waals surface area contributed by atoms with Crippen molar-refractivity contribution in [1.29, 1.82) is 0 Å². The van der Waals surface area contributed by atoms with Crippen LogP contribution < -0.4 is 10.6 Å². The Balaban J connectivity index is 2.30. The normalized spacial score (nSPS) is 12.3. The maximum absolute atomic E-state index is 12.5. The lowest BCUT2D eigenvalue weighted by Gasteiger charge is -2.10. The van der Waals surface area contributed by atoms with Crippen LogP contribution in [0, 0.1) is 10.1 Å². The van der Waals surface area contributed by atoms with E-state index in [2.05, 4.69) is 10.6 Å². The monoisotopic (exact) mass is 387 g/mol. The third-order valence-electron chi connectivity index (χ3n) is 3.07. The van der Waals surface area contributed by atoms with E-state index in [0.717, 1.165) is 12.1 Å². The van der Waals surface area contributed by atoms with Gasteiger partial charge in [-0.1, -0.05) is 0 Å². The average Bonchev–Trinajstić information content (AvgIpc) is 2.55. The van der Waals surface area contributed by atoms with E-state index < -0.39 is 31.8 Å². The van der Waals surface area contributed by atoms with Gasteiger partial charge in [0, 0.05) is 24.4 Å². The van der Waals surface area contributed by atoms with Crippen LogP contribution in [0.4, 0.5) is 35.9 Å². The van der Waals surface area contributed by atoms with Crippen molar-refractivity contribution in [3.8, 4) is 0 Å². The summed E-state index contributed by atoms with van der Waals surface area (Å²) in [6.07, 6.45) is 0. The Kier molecular flexibility index (Phi) is 5.60. The van der Waals surface area contributed by atoms with Crippen LogP contribution in [0.2, 0.25) is 0 Å². The van der Waals surface area contributed by atoms with Gasteiger partial charge in [0.25, 0.3) is 5.69 Å². The summed E-state index contributed by atoms with van der Waals surface area (Å²) in [5, 5.41) is 16.4. The molecule has 0 heterocycles. The summed E-state index contributed by atoms with van der Waals surface area (Å²) >= 11 is 0. The second-order valence-electron chi connectivity index (χ2n) is 5.03. The summed E-state index contributed by atoms with van der Waals surface area (Å²) in [5.41, 5.74) is -4.81. The van der Waals surface area contributed by atoms with Crippen LogP contribution in [-0.2, 0) is 15.6 Å². The van der Waals surface area contributed by atoms with E-state index in [1.165, 1.54) is 19.1 Å². The van der Waals surface area contributed by atoms with E-state index >= 15 is 0 Å². The molecule has 2 aromatic carbocycles. The van der Waals surface area contributed by atoms with Crippen molar-refractivity contribution >= 4 is 39.5 Å². The Labute approximate surface area is 147 Å². The van der Waals surface area contributed by atoms with E-state index in [9.17, 15) is 32.3 Å². The van der Waals surface area contributed by atoms with Gasteiger partial charge in [-0.3, -0.25) is 14.9 Å². The van der Waals surface area contributed by atoms with Crippen LogP contribution in [0.1, 0.15) is 6.92 Å². The fourth-order valence-electron chi connectivity index (χ4n) is 2.01. The number of nitro benzene ring substituents is 1. The van der Waals surface area contributed by atoms with Crippen molar-refractivity contribution in [2.24, 2.45) is 0 Å². The lowest BCUT2D eigenvalue weighted by atomic mass is 10.2. The van der Waals surface area contributed by atoms with Crippen LogP contribution in [0.3, 0.4) is 0 Å². The molecule has 0 saturated heterocycles. The molecule has 0 radical (unpaired) electrons. The number of halogens is 3. The Morgan fingerprint density at radius 1 is 1.12 bits per heavy atom. The van der Waals surface area contributed by atoms with Gasteiger partial charge in [0.15, 0.2) is 10.8 Å². The minimum absolute atomic E-state index is 0.0646. The Hall–Kier alpha value is -2.95. The van der Waals surface area contributed by atoms with E-state index in [1.54, 1.807) is 12.1 Å². The fourth-order valence-corrected chi connectivity index (χ4v) is 2.69. The zero-order chi connectivity index (χ0) is 19.5. The largest absolute Gasteiger partial charge is 0.475 e. The molecule has 1 amide bonds. The minimum atomic E-state index is -5.01. The van der Waals surface area contributed by atoms with Gasteiger partial charge in [-0.05, 0) is 36.4 Å². The molecule has 0 aromatic heterocycles. The minimum Gasteiger partial charge on any atom is -0.350 e. The number of anilines is 3. The maximum atomic E-state index is 12.5. The van der Waals surface area contributed by atoms with Crippen LogP contribution in [0.15, 0.2) is 47.4 Å². The molecular weight excluding hydrogens is 375 g/mol. The molecule has 2 N–H and O–H groups in total. The number of alkyl halides is 3. The van der Waals surface area contributed by atoms with Crippen molar-refractivity contribution in [1.82, 2.24) is 0 Å². The molecule has 26 heavy (non-hydrogen) atoms. The summed E-state index contributed by atoms with van der Waals surface area (Å²) in [6, 6.07) is 8.72.